The van der Waals surface area contributed by atoms with E-state index in [1.807, 2.05) is 18.2 Å². The first-order valence-electron chi connectivity index (χ1n) is 4.84. The van der Waals surface area contributed by atoms with Gasteiger partial charge in [0.15, 0.2) is 0 Å². The first-order chi connectivity index (χ1) is 6.77. The van der Waals surface area contributed by atoms with E-state index in [2.05, 4.69) is 16.9 Å². The largest absolute Gasteiger partial charge is 0.321 e. The van der Waals surface area contributed by atoms with E-state index >= 15 is 0 Å². The Balaban J connectivity index is 2.26. The van der Waals surface area contributed by atoms with Crippen LogP contribution in [0.2, 0.25) is 0 Å². The first-order valence-corrected chi connectivity index (χ1v) is 4.84. The highest BCUT2D eigenvalue weighted by Gasteiger charge is 2.18. The number of Topliss-reactive ketones (excluding diaryl/α,β-unsaturated/α-hetero) is 1. The lowest BCUT2D eigenvalue weighted by Crippen LogP contribution is -2.29. The van der Waals surface area contributed by atoms with Crippen LogP contribution in [0.4, 0.5) is 5.69 Å². The summed E-state index contributed by atoms with van der Waals surface area (Å²) in [5, 5.41) is 0. The van der Waals surface area contributed by atoms with Gasteiger partial charge in [-0.05, 0) is 25.0 Å². The van der Waals surface area contributed by atoms with Gasteiger partial charge in [-0.15, -0.1) is 0 Å². The van der Waals surface area contributed by atoms with Crippen molar-refractivity contribution >= 4 is 11.5 Å². The highest BCUT2D eigenvalue weighted by molar-refractivity contribution is 5.79. The molecule has 2 N–H and O–H groups in total. The third-order valence-electron chi connectivity index (χ3n) is 2.63. The lowest BCUT2D eigenvalue weighted by molar-refractivity contribution is -0.120. The molecule has 0 aromatic heterocycles. The number of rotatable bonds is 1. The van der Waals surface area contributed by atoms with Crippen LogP contribution in [0.25, 0.3) is 0 Å². The maximum Gasteiger partial charge on any atom is 0.134 e. The molecular formula is C11H14N2O. The topological polar surface area (TPSA) is 41.1 Å². The normalized spacial score (nSPS) is 20.5. The van der Waals surface area contributed by atoms with Gasteiger partial charge in [-0.2, -0.15) is 0 Å². The van der Waals surface area contributed by atoms with Gasteiger partial charge in [0.05, 0.1) is 5.69 Å². The van der Waals surface area contributed by atoms with Crippen molar-refractivity contribution in [2.24, 2.45) is 5.92 Å². The zero-order chi connectivity index (χ0) is 9.97. The summed E-state index contributed by atoms with van der Waals surface area (Å²) >= 11 is 0. The van der Waals surface area contributed by atoms with Crippen LogP contribution in [-0.2, 0) is 11.2 Å². The molecule has 0 radical (unpaired) electrons. The molecule has 1 aliphatic rings. The van der Waals surface area contributed by atoms with E-state index in [9.17, 15) is 4.79 Å². The van der Waals surface area contributed by atoms with Crippen molar-refractivity contribution in [3.05, 3.63) is 29.8 Å². The van der Waals surface area contributed by atoms with Gasteiger partial charge in [0, 0.05) is 12.5 Å². The Kier molecular flexibility index (Phi) is 2.50. The monoisotopic (exact) mass is 190 g/mol. The van der Waals surface area contributed by atoms with E-state index in [4.69, 9.17) is 0 Å². The molecule has 1 unspecified atom stereocenters. The lowest BCUT2D eigenvalue weighted by atomic mass is 9.96. The van der Waals surface area contributed by atoms with Crippen LogP contribution >= 0.6 is 0 Å². The Morgan fingerprint density at radius 1 is 1.43 bits per heavy atom. The molecule has 0 bridgehead atoms. The Bertz CT molecular complexity index is 349. The third-order valence-corrected chi connectivity index (χ3v) is 2.63. The standard InChI is InChI=1S/C11H14N2O/c1-8(14)10-6-9-4-2-3-5-11(9)13-12-7-10/h2-5,10,12-13H,6-7H2,1H3. The molecule has 0 amide bonds. The van der Waals surface area contributed by atoms with E-state index < -0.39 is 0 Å². The summed E-state index contributed by atoms with van der Waals surface area (Å²) in [4.78, 5) is 11.3. The molecule has 2 rings (SSSR count). The Morgan fingerprint density at radius 3 is 3.00 bits per heavy atom. The molecule has 1 heterocycles. The van der Waals surface area contributed by atoms with Crippen molar-refractivity contribution in [3.63, 3.8) is 0 Å². The first kappa shape index (κ1) is 9.21. The lowest BCUT2D eigenvalue weighted by Gasteiger charge is -2.08. The molecule has 1 aromatic rings. The number of para-hydroxylation sites is 1. The molecule has 74 valence electrons. The minimum atomic E-state index is 0.0890. The average molecular weight is 190 g/mol. The molecule has 3 nitrogen and oxygen atoms in total. The number of carbonyl (C=O) groups is 1. The fourth-order valence-corrected chi connectivity index (χ4v) is 1.71. The number of nitrogens with one attached hydrogen (secondary N) is 2. The van der Waals surface area contributed by atoms with E-state index in [0.717, 1.165) is 12.1 Å². The van der Waals surface area contributed by atoms with Crippen LogP contribution in [0.15, 0.2) is 24.3 Å². The van der Waals surface area contributed by atoms with Gasteiger partial charge >= 0.3 is 0 Å². The molecular weight excluding hydrogens is 176 g/mol. The van der Waals surface area contributed by atoms with Crippen molar-refractivity contribution in [2.45, 2.75) is 13.3 Å². The van der Waals surface area contributed by atoms with Crippen LogP contribution in [0, 0.1) is 5.92 Å². The van der Waals surface area contributed by atoms with Gasteiger partial charge < -0.3 is 5.43 Å². The molecule has 1 aliphatic heterocycles. The van der Waals surface area contributed by atoms with Gasteiger partial charge in [0.1, 0.15) is 5.78 Å². The summed E-state index contributed by atoms with van der Waals surface area (Å²) in [6, 6.07) is 8.07. The fourth-order valence-electron chi connectivity index (χ4n) is 1.71. The zero-order valence-electron chi connectivity index (χ0n) is 8.21. The molecule has 0 spiro atoms. The summed E-state index contributed by atoms with van der Waals surface area (Å²) in [5.74, 6) is 0.335. The van der Waals surface area contributed by atoms with Gasteiger partial charge in [0.2, 0.25) is 0 Å². The molecule has 0 saturated carbocycles. The number of fused-ring (bicyclic) bond motifs is 1. The van der Waals surface area contributed by atoms with Crippen molar-refractivity contribution in [1.29, 1.82) is 0 Å². The molecule has 14 heavy (non-hydrogen) atoms. The van der Waals surface area contributed by atoms with E-state index in [-0.39, 0.29) is 11.7 Å². The van der Waals surface area contributed by atoms with Crippen molar-refractivity contribution in [3.8, 4) is 0 Å². The van der Waals surface area contributed by atoms with Gasteiger partial charge in [-0.3, -0.25) is 4.79 Å². The summed E-state index contributed by atoms with van der Waals surface area (Å²) in [6.07, 6.45) is 0.825. The van der Waals surface area contributed by atoms with Crippen LogP contribution < -0.4 is 10.9 Å². The molecule has 1 atom stereocenters. The van der Waals surface area contributed by atoms with E-state index in [1.165, 1.54) is 5.56 Å². The van der Waals surface area contributed by atoms with Crippen molar-refractivity contribution in [2.75, 3.05) is 12.0 Å². The summed E-state index contributed by atoms with van der Waals surface area (Å²) in [5.41, 5.74) is 8.46. The second-order valence-corrected chi connectivity index (χ2v) is 3.67. The Morgan fingerprint density at radius 2 is 2.21 bits per heavy atom. The Hall–Kier alpha value is -1.35. The van der Waals surface area contributed by atoms with E-state index in [1.54, 1.807) is 6.92 Å². The Labute approximate surface area is 83.5 Å². The number of hydrazine groups is 1. The van der Waals surface area contributed by atoms with Gasteiger partial charge in [-0.1, -0.05) is 18.2 Å². The SMILES string of the molecule is CC(=O)C1CNNc2ccccc2C1. The van der Waals surface area contributed by atoms with Gasteiger partial charge in [-0.25, -0.2) is 5.43 Å². The van der Waals surface area contributed by atoms with Crippen LogP contribution in [0.5, 0.6) is 0 Å². The third kappa shape index (κ3) is 1.77. The quantitative estimate of drug-likeness (QED) is 0.702. The number of hydrogen-bond acceptors (Lipinski definition) is 3. The minimum Gasteiger partial charge on any atom is -0.321 e. The number of anilines is 1. The summed E-state index contributed by atoms with van der Waals surface area (Å²) in [7, 11) is 0. The second kappa shape index (κ2) is 3.80. The van der Waals surface area contributed by atoms with E-state index in [0.29, 0.717) is 6.54 Å². The van der Waals surface area contributed by atoms with Crippen LogP contribution in [0.3, 0.4) is 0 Å². The molecule has 0 saturated heterocycles. The smallest absolute Gasteiger partial charge is 0.134 e. The second-order valence-electron chi connectivity index (χ2n) is 3.67. The van der Waals surface area contributed by atoms with Crippen LogP contribution in [0.1, 0.15) is 12.5 Å². The number of carbonyl (C=O) groups excluding carboxylic acids is 1. The zero-order valence-corrected chi connectivity index (χ0v) is 8.21. The number of benzene rings is 1. The van der Waals surface area contributed by atoms with Crippen molar-refractivity contribution < 1.29 is 4.79 Å². The average Bonchev–Trinajstić information content (AvgIpc) is 2.39. The highest BCUT2D eigenvalue weighted by atomic mass is 16.1. The highest BCUT2D eigenvalue weighted by Crippen LogP contribution is 2.20. The minimum absolute atomic E-state index is 0.0890. The predicted octanol–water partition coefficient (Wildman–Crippen LogP) is 1.36. The number of hydrogen-bond donors (Lipinski definition) is 2. The maximum absolute atomic E-state index is 11.3. The molecule has 0 aliphatic carbocycles. The maximum atomic E-state index is 11.3. The summed E-state index contributed by atoms with van der Waals surface area (Å²) in [6.45, 7) is 2.35. The molecule has 3 heteroatoms. The molecule has 1 aromatic carbocycles. The van der Waals surface area contributed by atoms with Gasteiger partial charge in [0.25, 0.3) is 0 Å². The number of ketones is 1. The summed E-state index contributed by atoms with van der Waals surface area (Å²) < 4.78 is 0. The predicted molar refractivity (Wildman–Crippen MR) is 55.9 cm³/mol. The van der Waals surface area contributed by atoms with Crippen LogP contribution in [-0.4, -0.2) is 12.3 Å². The molecule has 0 fully saturated rings. The van der Waals surface area contributed by atoms with Crippen molar-refractivity contribution in [1.82, 2.24) is 5.43 Å². The fraction of sp³-hybridized carbons (Fsp3) is 0.364.